The highest BCUT2D eigenvalue weighted by Crippen LogP contribution is 2.24. The lowest BCUT2D eigenvalue weighted by atomic mass is 9.98. The lowest BCUT2D eigenvalue weighted by Gasteiger charge is -2.31. The number of amides is 1. The zero-order valence-electron chi connectivity index (χ0n) is 15.0. The van der Waals surface area contributed by atoms with Crippen LogP contribution >= 0.6 is 0 Å². The molecule has 138 valence electrons. The average Bonchev–Trinajstić information content (AvgIpc) is 2.65. The molecule has 0 spiro atoms. The minimum absolute atomic E-state index is 0.140. The number of hydrogen-bond acceptors (Lipinski definition) is 4. The van der Waals surface area contributed by atoms with Gasteiger partial charge in [-0.1, -0.05) is 6.07 Å². The highest BCUT2D eigenvalue weighted by molar-refractivity contribution is 7.89. The molecule has 1 aromatic carbocycles. The molecular formula is C19H23N3O3S. The lowest BCUT2D eigenvalue weighted by molar-refractivity contribution is -0.120. The van der Waals surface area contributed by atoms with E-state index in [1.807, 2.05) is 32.0 Å². The first kappa shape index (κ1) is 18.5. The fourth-order valence-electron chi connectivity index (χ4n) is 3.09. The zero-order chi connectivity index (χ0) is 18.7. The molecule has 26 heavy (non-hydrogen) atoms. The molecule has 1 aliphatic heterocycles. The number of nitrogens with one attached hydrogen (secondary N) is 1. The number of hydrogen-bond donors (Lipinski definition) is 1. The Morgan fingerprint density at radius 3 is 2.73 bits per heavy atom. The van der Waals surface area contributed by atoms with Gasteiger partial charge < -0.3 is 5.32 Å². The molecule has 2 heterocycles. The maximum absolute atomic E-state index is 12.8. The van der Waals surface area contributed by atoms with Crippen LogP contribution in [-0.2, 0) is 14.8 Å². The molecule has 7 heteroatoms. The lowest BCUT2D eigenvalue weighted by Crippen LogP contribution is -2.43. The van der Waals surface area contributed by atoms with E-state index in [0.29, 0.717) is 19.4 Å². The van der Waals surface area contributed by atoms with E-state index in [1.165, 1.54) is 22.8 Å². The number of anilines is 1. The summed E-state index contributed by atoms with van der Waals surface area (Å²) in [6, 6.07) is 8.89. The Labute approximate surface area is 154 Å². The molecule has 1 N–H and O–H groups in total. The number of benzene rings is 1. The molecule has 0 saturated carbocycles. The van der Waals surface area contributed by atoms with Crippen molar-refractivity contribution in [1.82, 2.24) is 9.29 Å². The Morgan fingerprint density at radius 1 is 1.23 bits per heavy atom. The Kier molecular flexibility index (Phi) is 5.38. The van der Waals surface area contributed by atoms with Crippen LogP contribution in [0, 0.1) is 19.8 Å². The van der Waals surface area contributed by atoms with Gasteiger partial charge in [0.2, 0.25) is 15.9 Å². The summed E-state index contributed by atoms with van der Waals surface area (Å²) in [7, 11) is -3.62. The largest absolute Gasteiger partial charge is 0.326 e. The summed E-state index contributed by atoms with van der Waals surface area (Å²) >= 11 is 0. The Balaban J connectivity index is 1.71. The summed E-state index contributed by atoms with van der Waals surface area (Å²) in [4.78, 5) is 16.7. The van der Waals surface area contributed by atoms with Crippen LogP contribution in [0.25, 0.3) is 0 Å². The van der Waals surface area contributed by atoms with Gasteiger partial charge in [-0.2, -0.15) is 4.31 Å². The van der Waals surface area contributed by atoms with Gasteiger partial charge in [-0.25, -0.2) is 8.42 Å². The molecule has 0 radical (unpaired) electrons. The number of aryl methyl sites for hydroxylation is 2. The van der Waals surface area contributed by atoms with Crippen molar-refractivity contribution in [2.24, 2.45) is 5.92 Å². The van der Waals surface area contributed by atoms with Crippen molar-refractivity contribution in [3.05, 3.63) is 53.9 Å². The van der Waals surface area contributed by atoms with E-state index in [2.05, 4.69) is 10.3 Å². The first-order valence-electron chi connectivity index (χ1n) is 8.66. The molecule has 1 fully saturated rings. The minimum atomic E-state index is -3.62. The molecule has 0 unspecified atom stereocenters. The predicted molar refractivity (Wildman–Crippen MR) is 100 cm³/mol. The second-order valence-corrected chi connectivity index (χ2v) is 8.62. The van der Waals surface area contributed by atoms with Crippen molar-refractivity contribution in [1.29, 1.82) is 0 Å². The smallest absolute Gasteiger partial charge is 0.244 e. The molecule has 1 aromatic heterocycles. The van der Waals surface area contributed by atoms with Gasteiger partial charge in [0.15, 0.2) is 0 Å². The number of aromatic nitrogens is 1. The predicted octanol–water partition coefficient (Wildman–Crippen LogP) is 2.74. The maximum atomic E-state index is 12.8. The van der Waals surface area contributed by atoms with Crippen molar-refractivity contribution in [3.63, 3.8) is 0 Å². The van der Waals surface area contributed by atoms with Crippen LogP contribution in [0.1, 0.15) is 24.0 Å². The summed E-state index contributed by atoms with van der Waals surface area (Å²) < 4.78 is 26.9. The number of rotatable bonds is 4. The Hall–Kier alpha value is -2.25. The van der Waals surface area contributed by atoms with Gasteiger partial charge in [0.25, 0.3) is 0 Å². The summed E-state index contributed by atoms with van der Waals surface area (Å²) in [6.07, 6.45) is 4.21. The summed E-state index contributed by atoms with van der Waals surface area (Å²) in [5.41, 5.74) is 3.01. The first-order chi connectivity index (χ1) is 12.4. The molecule has 6 nitrogen and oxygen atoms in total. The van der Waals surface area contributed by atoms with Crippen LogP contribution < -0.4 is 5.32 Å². The fraction of sp³-hybridized carbons (Fsp3) is 0.368. The van der Waals surface area contributed by atoms with Gasteiger partial charge in [-0.15, -0.1) is 0 Å². The van der Waals surface area contributed by atoms with Crippen LogP contribution in [0.4, 0.5) is 5.69 Å². The van der Waals surface area contributed by atoms with E-state index in [1.54, 1.807) is 6.07 Å². The number of sulfonamides is 1. The number of piperidine rings is 1. The van der Waals surface area contributed by atoms with Gasteiger partial charge in [-0.3, -0.25) is 9.78 Å². The second kappa shape index (κ2) is 7.55. The van der Waals surface area contributed by atoms with E-state index in [-0.39, 0.29) is 23.3 Å². The van der Waals surface area contributed by atoms with Crippen molar-refractivity contribution >= 4 is 21.6 Å². The fourth-order valence-corrected chi connectivity index (χ4v) is 4.58. The third-order valence-corrected chi connectivity index (χ3v) is 6.65. The normalized spacial score (nSPS) is 18.5. The number of pyridine rings is 1. The number of carbonyl (C=O) groups is 1. The van der Waals surface area contributed by atoms with Crippen LogP contribution in [0.5, 0.6) is 0 Å². The van der Waals surface area contributed by atoms with Crippen LogP contribution in [0.15, 0.2) is 47.6 Å². The third-order valence-electron chi connectivity index (χ3n) is 4.80. The van der Waals surface area contributed by atoms with E-state index >= 15 is 0 Å². The average molecular weight is 373 g/mol. The molecule has 2 aromatic rings. The number of carbonyl (C=O) groups excluding carboxylic acids is 1. The highest BCUT2D eigenvalue weighted by Gasteiger charge is 2.33. The molecule has 1 amide bonds. The van der Waals surface area contributed by atoms with Gasteiger partial charge in [0.1, 0.15) is 4.90 Å². The molecule has 0 bridgehead atoms. The monoisotopic (exact) mass is 373 g/mol. The molecule has 1 atom stereocenters. The summed E-state index contributed by atoms with van der Waals surface area (Å²) in [5.74, 6) is -0.504. The van der Waals surface area contributed by atoms with E-state index in [4.69, 9.17) is 0 Å². The molecule has 3 rings (SSSR count). The maximum Gasteiger partial charge on any atom is 0.244 e. The number of nitrogens with zero attached hydrogens (tertiary/aromatic N) is 2. The highest BCUT2D eigenvalue weighted by atomic mass is 32.2. The zero-order valence-corrected chi connectivity index (χ0v) is 15.8. The van der Waals surface area contributed by atoms with Gasteiger partial charge in [0, 0.05) is 31.2 Å². The quantitative estimate of drug-likeness (QED) is 0.894. The SMILES string of the molecule is Cc1ccc(NC(=O)[C@@H]2CCCN(S(=O)(=O)c3cccnc3)C2)cc1C. The van der Waals surface area contributed by atoms with E-state index in [9.17, 15) is 13.2 Å². The van der Waals surface area contributed by atoms with Gasteiger partial charge in [-0.05, 0) is 62.1 Å². The van der Waals surface area contributed by atoms with Crippen LogP contribution in [-0.4, -0.2) is 36.7 Å². The summed E-state index contributed by atoms with van der Waals surface area (Å²) in [6.45, 7) is 4.62. The van der Waals surface area contributed by atoms with E-state index in [0.717, 1.165) is 16.8 Å². The van der Waals surface area contributed by atoms with Gasteiger partial charge >= 0.3 is 0 Å². The molecule has 1 aliphatic rings. The van der Waals surface area contributed by atoms with Crippen molar-refractivity contribution in [2.75, 3.05) is 18.4 Å². The van der Waals surface area contributed by atoms with E-state index < -0.39 is 10.0 Å². The Bertz CT molecular complexity index is 898. The topological polar surface area (TPSA) is 79.4 Å². The van der Waals surface area contributed by atoms with Crippen LogP contribution in [0.2, 0.25) is 0 Å². The Morgan fingerprint density at radius 2 is 2.04 bits per heavy atom. The molecule has 1 saturated heterocycles. The van der Waals surface area contributed by atoms with Crippen molar-refractivity contribution in [2.45, 2.75) is 31.6 Å². The van der Waals surface area contributed by atoms with Gasteiger partial charge in [0.05, 0.1) is 5.92 Å². The van der Waals surface area contributed by atoms with Crippen molar-refractivity contribution in [3.8, 4) is 0 Å². The standard InChI is InChI=1S/C19H23N3O3S/c1-14-7-8-17(11-15(14)2)21-19(23)16-5-4-10-22(13-16)26(24,25)18-6-3-9-20-12-18/h3,6-9,11-12,16H,4-5,10,13H2,1-2H3,(H,21,23)/t16-/m1/s1. The first-order valence-corrected chi connectivity index (χ1v) is 10.1. The summed E-state index contributed by atoms with van der Waals surface area (Å²) in [5, 5.41) is 2.92. The molecular weight excluding hydrogens is 350 g/mol. The minimum Gasteiger partial charge on any atom is -0.326 e. The molecule has 0 aliphatic carbocycles. The third kappa shape index (κ3) is 3.94. The van der Waals surface area contributed by atoms with Crippen molar-refractivity contribution < 1.29 is 13.2 Å². The second-order valence-electron chi connectivity index (χ2n) is 6.68. The van der Waals surface area contributed by atoms with Crippen LogP contribution in [0.3, 0.4) is 0 Å².